The highest BCUT2D eigenvalue weighted by Crippen LogP contribution is 2.38. The molecule has 0 aliphatic carbocycles. The number of hydrogen-bond acceptors (Lipinski definition) is 1. The highest BCUT2D eigenvalue weighted by Gasteiger charge is 2.23. The van der Waals surface area contributed by atoms with E-state index in [1.165, 1.54) is 6.07 Å². The van der Waals surface area contributed by atoms with E-state index >= 15 is 0 Å². The Morgan fingerprint density at radius 1 is 1.12 bits per heavy atom. The van der Waals surface area contributed by atoms with Gasteiger partial charge in [0, 0.05) is 11.5 Å². The molecule has 86 valence electrons. The van der Waals surface area contributed by atoms with Gasteiger partial charge in [-0.3, -0.25) is 0 Å². The molecule has 2 aromatic rings. The molecule has 3 rings (SSSR count). The molecule has 1 atom stereocenters. The third-order valence-electron chi connectivity index (χ3n) is 3.35. The van der Waals surface area contributed by atoms with Crippen LogP contribution in [0.15, 0.2) is 42.5 Å². The lowest BCUT2D eigenvalue weighted by atomic mass is 9.90. The van der Waals surface area contributed by atoms with E-state index in [-0.39, 0.29) is 11.7 Å². The maximum Gasteiger partial charge on any atom is 0.130 e. The van der Waals surface area contributed by atoms with E-state index in [4.69, 9.17) is 4.74 Å². The van der Waals surface area contributed by atoms with Crippen LogP contribution in [0.5, 0.6) is 5.75 Å². The smallest absolute Gasteiger partial charge is 0.130 e. The summed E-state index contributed by atoms with van der Waals surface area (Å²) in [4.78, 5) is 0. The molecular weight excluding hydrogens is 215 g/mol. The summed E-state index contributed by atoms with van der Waals surface area (Å²) in [5, 5.41) is 0. The molecule has 1 heterocycles. The van der Waals surface area contributed by atoms with Crippen molar-refractivity contribution in [2.45, 2.75) is 19.4 Å². The van der Waals surface area contributed by atoms with Crippen LogP contribution in [0.3, 0.4) is 0 Å². The molecule has 0 aromatic heterocycles. The lowest BCUT2D eigenvalue weighted by molar-refractivity contribution is 0.305. The minimum absolute atomic E-state index is 0.0323. The van der Waals surface area contributed by atoms with Crippen molar-refractivity contribution in [3.8, 4) is 5.75 Å². The van der Waals surface area contributed by atoms with Gasteiger partial charge in [-0.1, -0.05) is 37.3 Å². The van der Waals surface area contributed by atoms with Crippen molar-refractivity contribution >= 4 is 0 Å². The van der Waals surface area contributed by atoms with Gasteiger partial charge in [0.05, 0.1) is 0 Å². The van der Waals surface area contributed by atoms with Crippen LogP contribution in [0.25, 0.3) is 0 Å². The van der Waals surface area contributed by atoms with Crippen LogP contribution in [-0.4, -0.2) is 0 Å². The maximum atomic E-state index is 13.9. The SMILES string of the molecule is CC1c2ccccc2COc2cccc(F)c21. The molecule has 2 aromatic carbocycles. The van der Waals surface area contributed by atoms with E-state index in [1.807, 2.05) is 37.3 Å². The van der Waals surface area contributed by atoms with E-state index < -0.39 is 0 Å². The van der Waals surface area contributed by atoms with Crippen molar-refractivity contribution in [3.63, 3.8) is 0 Å². The van der Waals surface area contributed by atoms with E-state index in [1.54, 1.807) is 6.07 Å². The summed E-state index contributed by atoms with van der Waals surface area (Å²) in [7, 11) is 0. The van der Waals surface area contributed by atoms with Gasteiger partial charge in [0.15, 0.2) is 0 Å². The number of fused-ring (bicyclic) bond motifs is 2. The zero-order valence-corrected chi connectivity index (χ0v) is 9.61. The molecule has 1 unspecified atom stereocenters. The first-order chi connectivity index (χ1) is 8.27. The summed E-state index contributed by atoms with van der Waals surface area (Å²) in [5.41, 5.74) is 2.95. The van der Waals surface area contributed by atoms with E-state index in [2.05, 4.69) is 0 Å². The molecule has 0 N–H and O–H groups in total. The van der Waals surface area contributed by atoms with Crippen LogP contribution in [0, 0.1) is 5.82 Å². The average Bonchev–Trinajstić information content (AvgIpc) is 2.49. The van der Waals surface area contributed by atoms with Gasteiger partial charge in [-0.15, -0.1) is 0 Å². The van der Waals surface area contributed by atoms with Crippen molar-refractivity contribution in [2.24, 2.45) is 0 Å². The molecule has 1 aliphatic heterocycles. The molecule has 0 amide bonds. The molecule has 0 saturated carbocycles. The Morgan fingerprint density at radius 2 is 1.94 bits per heavy atom. The van der Waals surface area contributed by atoms with Gasteiger partial charge in [0.1, 0.15) is 18.2 Å². The second kappa shape index (κ2) is 3.88. The van der Waals surface area contributed by atoms with Crippen molar-refractivity contribution in [3.05, 3.63) is 65.0 Å². The minimum atomic E-state index is -0.188. The fraction of sp³-hybridized carbons (Fsp3) is 0.200. The predicted molar refractivity (Wildman–Crippen MR) is 64.7 cm³/mol. The molecule has 0 saturated heterocycles. The second-order valence-electron chi connectivity index (χ2n) is 4.36. The maximum absolute atomic E-state index is 13.9. The lowest BCUT2D eigenvalue weighted by Crippen LogP contribution is -2.00. The molecule has 17 heavy (non-hydrogen) atoms. The predicted octanol–water partition coefficient (Wildman–Crippen LogP) is 3.87. The molecule has 0 spiro atoms. The summed E-state index contributed by atoms with van der Waals surface area (Å²) >= 11 is 0. The Labute approximate surface area is 99.9 Å². The first kappa shape index (κ1) is 10.3. The fourth-order valence-electron chi connectivity index (χ4n) is 2.46. The average molecular weight is 228 g/mol. The largest absolute Gasteiger partial charge is 0.488 e. The zero-order valence-electron chi connectivity index (χ0n) is 9.61. The molecule has 0 radical (unpaired) electrons. The van der Waals surface area contributed by atoms with Crippen molar-refractivity contribution in [1.29, 1.82) is 0 Å². The third-order valence-corrected chi connectivity index (χ3v) is 3.35. The van der Waals surface area contributed by atoms with Gasteiger partial charge in [-0.2, -0.15) is 0 Å². The number of benzene rings is 2. The standard InChI is InChI=1S/C15H13FO/c1-10-12-6-3-2-5-11(12)9-17-14-8-4-7-13(16)15(10)14/h2-8,10H,9H2,1H3. The number of hydrogen-bond donors (Lipinski definition) is 0. The van der Waals surface area contributed by atoms with E-state index in [0.29, 0.717) is 17.9 Å². The molecular formula is C15H13FO. The first-order valence-corrected chi connectivity index (χ1v) is 5.76. The van der Waals surface area contributed by atoms with Gasteiger partial charge in [0.25, 0.3) is 0 Å². The summed E-state index contributed by atoms with van der Waals surface area (Å²) in [5.74, 6) is 0.505. The van der Waals surface area contributed by atoms with Crippen molar-refractivity contribution in [1.82, 2.24) is 0 Å². The van der Waals surface area contributed by atoms with Gasteiger partial charge >= 0.3 is 0 Å². The Balaban J connectivity index is 2.22. The molecule has 1 aliphatic rings. The number of ether oxygens (including phenoxy) is 1. The van der Waals surface area contributed by atoms with Gasteiger partial charge in [0.2, 0.25) is 0 Å². The topological polar surface area (TPSA) is 9.23 Å². The van der Waals surface area contributed by atoms with Gasteiger partial charge in [-0.05, 0) is 23.3 Å². The van der Waals surface area contributed by atoms with Crippen LogP contribution in [0.4, 0.5) is 4.39 Å². The lowest BCUT2D eigenvalue weighted by Gasteiger charge is -2.14. The zero-order chi connectivity index (χ0) is 11.8. The summed E-state index contributed by atoms with van der Waals surface area (Å²) in [6.45, 7) is 2.53. The Morgan fingerprint density at radius 3 is 2.82 bits per heavy atom. The number of halogens is 1. The van der Waals surface area contributed by atoms with E-state index in [0.717, 1.165) is 11.1 Å². The highest BCUT2D eigenvalue weighted by atomic mass is 19.1. The van der Waals surface area contributed by atoms with Crippen molar-refractivity contribution < 1.29 is 9.13 Å². The minimum Gasteiger partial charge on any atom is -0.488 e. The first-order valence-electron chi connectivity index (χ1n) is 5.76. The molecule has 0 fully saturated rings. The quantitative estimate of drug-likeness (QED) is 0.665. The van der Waals surface area contributed by atoms with Gasteiger partial charge in [-0.25, -0.2) is 4.39 Å². The molecule has 2 heteroatoms. The fourth-order valence-corrected chi connectivity index (χ4v) is 2.46. The third kappa shape index (κ3) is 1.60. The van der Waals surface area contributed by atoms with E-state index in [9.17, 15) is 4.39 Å². The Kier molecular flexibility index (Phi) is 2.36. The van der Waals surface area contributed by atoms with Crippen LogP contribution >= 0.6 is 0 Å². The Bertz CT molecular complexity index is 563. The van der Waals surface area contributed by atoms with Crippen LogP contribution in [0.1, 0.15) is 29.5 Å². The summed E-state index contributed by atoms with van der Waals surface area (Å²) in [6.07, 6.45) is 0. The van der Waals surface area contributed by atoms with Crippen LogP contribution in [0.2, 0.25) is 0 Å². The van der Waals surface area contributed by atoms with Gasteiger partial charge < -0.3 is 4.74 Å². The number of rotatable bonds is 0. The summed E-state index contributed by atoms with van der Waals surface area (Å²) in [6, 6.07) is 13.1. The Hall–Kier alpha value is -1.83. The normalized spacial score (nSPS) is 17.6. The molecule has 0 bridgehead atoms. The second-order valence-corrected chi connectivity index (χ2v) is 4.36. The van der Waals surface area contributed by atoms with Crippen LogP contribution in [-0.2, 0) is 6.61 Å². The highest BCUT2D eigenvalue weighted by molar-refractivity contribution is 5.46. The monoisotopic (exact) mass is 228 g/mol. The van der Waals surface area contributed by atoms with Crippen molar-refractivity contribution in [2.75, 3.05) is 0 Å². The van der Waals surface area contributed by atoms with Crippen LogP contribution < -0.4 is 4.74 Å². The molecule has 1 nitrogen and oxygen atoms in total. The summed E-state index contributed by atoms with van der Waals surface area (Å²) < 4.78 is 19.6.